The average molecular weight is 257 g/mol. The number of nitrogens with one attached hydrogen (secondary N) is 1. The predicted octanol–water partition coefficient (Wildman–Crippen LogP) is 1.73. The zero-order chi connectivity index (χ0) is 13.0. The predicted molar refractivity (Wildman–Crippen MR) is 62.0 cm³/mol. The van der Waals surface area contributed by atoms with Crippen LogP contribution in [0.2, 0.25) is 0 Å². The normalized spacial score (nSPS) is 11.6. The number of anilines is 1. The first-order valence-electron chi connectivity index (χ1n) is 4.61. The number of rotatable bonds is 4. The second kappa shape index (κ2) is 5.40. The van der Waals surface area contributed by atoms with Crippen LogP contribution in [0.15, 0.2) is 24.3 Å². The molecule has 0 radical (unpaired) electrons. The van der Waals surface area contributed by atoms with E-state index < -0.39 is 22.0 Å². The number of nitro benzene ring substituents is 1. The highest BCUT2D eigenvalue weighted by Crippen LogP contribution is 2.16. The molecule has 1 amide bonds. The standard InChI is InChI=1S/C10H9ClN2O4/c1-6(14)9(11)10(15)12-7-2-4-8(5-3-7)13(16)17/h2-5,9H,1H3,(H,12,15)/t9-/m1/s1. The Morgan fingerprint density at radius 3 is 2.29 bits per heavy atom. The van der Waals surface area contributed by atoms with E-state index in [1.165, 1.54) is 31.2 Å². The Balaban J connectivity index is 2.73. The molecule has 0 spiro atoms. The summed E-state index contributed by atoms with van der Waals surface area (Å²) in [5.74, 6) is -1.13. The molecule has 0 aromatic heterocycles. The number of carbonyl (C=O) groups excluding carboxylic acids is 2. The Bertz CT molecular complexity index is 458. The molecule has 0 unspecified atom stereocenters. The van der Waals surface area contributed by atoms with Gasteiger partial charge in [-0.1, -0.05) is 0 Å². The van der Waals surface area contributed by atoms with Gasteiger partial charge in [0, 0.05) is 17.8 Å². The molecule has 0 aliphatic carbocycles. The first kappa shape index (κ1) is 13.1. The number of ketones is 1. The Labute approximate surface area is 102 Å². The number of carbonyl (C=O) groups is 2. The van der Waals surface area contributed by atoms with Gasteiger partial charge in [0.2, 0.25) is 5.91 Å². The summed E-state index contributed by atoms with van der Waals surface area (Å²) in [6, 6.07) is 5.21. The molecule has 0 fully saturated rings. The molecule has 0 saturated carbocycles. The number of alkyl halides is 1. The van der Waals surface area contributed by atoms with Gasteiger partial charge in [-0.2, -0.15) is 0 Å². The van der Waals surface area contributed by atoms with Gasteiger partial charge in [-0.25, -0.2) is 0 Å². The van der Waals surface area contributed by atoms with E-state index in [4.69, 9.17) is 11.6 Å². The van der Waals surface area contributed by atoms with Gasteiger partial charge in [-0.3, -0.25) is 19.7 Å². The van der Waals surface area contributed by atoms with Crippen LogP contribution < -0.4 is 5.32 Å². The Kier molecular flexibility index (Phi) is 4.17. The summed E-state index contributed by atoms with van der Waals surface area (Å²) in [6.07, 6.45) is 0. The lowest BCUT2D eigenvalue weighted by molar-refractivity contribution is -0.384. The first-order valence-corrected chi connectivity index (χ1v) is 5.05. The topological polar surface area (TPSA) is 89.3 Å². The van der Waals surface area contributed by atoms with E-state index in [1.807, 2.05) is 0 Å². The molecular formula is C10H9ClN2O4. The molecule has 1 aromatic carbocycles. The maximum atomic E-state index is 11.4. The van der Waals surface area contributed by atoms with Gasteiger partial charge in [0.15, 0.2) is 11.2 Å². The van der Waals surface area contributed by atoms with Gasteiger partial charge in [0.1, 0.15) is 0 Å². The summed E-state index contributed by atoms with van der Waals surface area (Å²) in [5.41, 5.74) is 0.254. The SMILES string of the molecule is CC(=O)[C@@H](Cl)C(=O)Nc1ccc([N+](=O)[O-])cc1. The van der Waals surface area contributed by atoms with Gasteiger partial charge >= 0.3 is 0 Å². The minimum atomic E-state index is -1.26. The van der Waals surface area contributed by atoms with Crippen molar-refractivity contribution in [1.82, 2.24) is 0 Å². The van der Waals surface area contributed by atoms with Crippen molar-refractivity contribution in [3.05, 3.63) is 34.4 Å². The zero-order valence-corrected chi connectivity index (χ0v) is 9.60. The highest BCUT2D eigenvalue weighted by atomic mass is 35.5. The van der Waals surface area contributed by atoms with Crippen LogP contribution in [0, 0.1) is 10.1 Å². The van der Waals surface area contributed by atoms with E-state index in [1.54, 1.807) is 0 Å². The molecule has 0 bridgehead atoms. The van der Waals surface area contributed by atoms with E-state index in [2.05, 4.69) is 5.32 Å². The van der Waals surface area contributed by atoms with E-state index in [0.717, 1.165) is 0 Å². The molecule has 0 saturated heterocycles. The molecule has 0 aliphatic heterocycles. The van der Waals surface area contributed by atoms with Gasteiger partial charge in [0.25, 0.3) is 5.69 Å². The highest BCUT2D eigenvalue weighted by Gasteiger charge is 2.20. The molecule has 0 heterocycles. The molecule has 1 atom stereocenters. The first-order chi connectivity index (χ1) is 7.91. The lowest BCUT2D eigenvalue weighted by Gasteiger charge is -2.07. The fourth-order valence-electron chi connectivity index (χ4n) is 1.06. The molecule has 6 nitrogen and oxygen atoms in total. The highest BCUT2D eigenvalue weighted by molar-refractivity contribution is 6.43. The van der Waals surface area contributed by atoms with Crippen LogP contribution in [-0.2, 0) is 9.59 Å². The number of amides is 1. The molecule has 1 N–H and O–H groups in total. The number of Topliss-reactive ketones (excluding diaryl/α,β-unsaturated/α-hetero) is 1. The number of nitro groups is 1. The van der Waals surface area contributed by atoms with E-state index in [-0.39, 0.29) is 5.69 Å². The van der Waals surface area contributed by atoms with E-state index in [9.17, 15) is 19.7 Å². The van der Waals surface area contributed by atoms with Gasteiger partial charge in [-0.15, -0.1) is 11.6 Å². The Morgan fingerprint density at radius 2 is 1.88 bits per heavy atom. The van der Waals surface area contributed by atoms with Crippen LogP contribution in [0.25, 0.3) is 0 Å². The lowest BCUT2D eigenvalue weighted by Crippen LogP contribution is -2.28. The molecule has 0 aliphatic rings. The number of hydrogen-bond acceptors (Lipinski definition) is 4. The molecule has 17 heavy (non-hydrogen) atoms. The fraction of sp³-hybridized carbons (Fsp3) is 0.200. The van der Waals surface area contributed by atoms with Crippen molar-refractivity contribution in [2.75, 3.05) is 5.32 Å². The second-order valence-corrected chi connectivity index (χ2v) is 3.70. The van der Waals surface area contributed by atoms with Crippen LogP contribution >= 0.6 is 11.6 Å². The zero-order valence-electron chi connectivity index (χ0n) is 8.84. The number of halogens is 1. The third-order valence-corrected chi connectivity index (χ3v) is 2.44. The van der Waals surface area contributed by atoms with E-state index in [0.29, 0.717) is 5.69 Å². The monoisotopic (exact) mass is 256 g/mol. The quantitative estimate of drug-likeness (QED) is 0.384. The molecule has 1 rings (SSSR count). The lowest BCUT2D eigenvalue weighted by atomic mass is 10.2. The average Bonchev–Trinajstić information content (AvgIpc) is 2.28. The van der Waals surface area contributed by atoms with Crippen LogP contribution in [0.5, 0.6) is 0 Å². The third kappa shape index (κ3) is 3.53. The van der Waals surface area contributed by atoms with Crippen molar-refractivity contribution >= 4 is 34.7 Å². The third-order valence-electron chi connectivity index (χ3n) is 1.93. The van der Waals surface area contributed by atoms with Crippen LogP contribution in [0.1, 0.15) is 6.92 Å². The minimum absolute atomic E-state index is 0.0861. The van der Waals surface area contributed by atoms with Crippen molar-refractivity contribution < 1.29 is 14.5 Å². The van der Waals surface area contributed by atoms with Gasteiger partial charge in [0.05, 0.1) is 4.92 Å². The van der Waals surface area contributed by atoms with Crippen molar-refractivity contribution in [3.63, 3.8) is 0 Å². The number of non-ortho nitro benzene ring substituents is 1. The summed E-state index contributed by atoms with van der Waals surface area (Å²) in [5, 5.41) is 11.5. The summed E-state index contributed by atoms with van der Waals surface area (Å²) >= 11 is 5.53. The van der Waals surface area contributed by atoms with Crippen molar-refractivity contribution in [1.29, 1.82) is 0 Å². The molecule has 7 heteroatoms. The Morgan fingerprint density at radius 1 is 1.35 bits per heavy atom. The van der Waals surface area contributed by atoms with Crippen molar-refractivity contribution in [2.24, 2.45) is 0 Å². The number of benzene rings is 1. The van der Waals surface area contributed by atoms with Crippen LogP contribution in [-0.4, -0.2) is 22.0 Å². The van der Waals surface area contributed by atoms with Crippen LogP contribution in [0.3, 0.4) is 0 Å². The van der Waals surface area contributed by atoms with E-state index >= 15 is 0 Å². The smallest absolute Gasteiger partial charge is 0.269 e. The fourth-order valence-corrected chi connectivity index (χ4v) is 1.11. The van der Waals surface area contributed by atoms with Crippen LogP contribution in [0.4, 0.5) is 11.4 Å². The van der Waals surface area contributed by atoms with Gasteiger partial charge in [-0.05, 0) is 19.1 Å². The largest absolute Gasteiger partial charge is 0.324 e. The summed E-state index contributed by atoms with van der Waals surface area (Å²) in [4.78, 5) is 32.0. The molecule has 90 valence electrons. The summed E-state index contributed by atoms with van der Waals surface area (Å²) in [7, 11) is 0. The van der Waals surface area contributed by atoms with Crippen molar-refractivity contribution in [3.8, 4) is 0 Å². The summed E-state index contributed by atoms with van der Waals surface area (Å²) in [6.45, 7) is 1.20. The maximum Gasteiger partial charge on any atom is 0.269 e. The molecular weight excluding hydrogens is 248 g/mol. The van der Waals surface area contributed by atoms with Gasteiger partial charge < -0.3 is 5.32 Å². The Hall–Kier alpha value is -1.95. The number of hydrogen-bond donors (Lipinski definition) is 1. The number of nitrogens with zero attached hydrogens (tertiary/aromatic N) is 1. The minimum Gasteiger partial charge on any atom is -0.324 e. The van der Waals surface area contributed by atoms with Crippen molar-refractivity contribution in [2.45, 2.75) is 12.3 Å². The maximum absolute atomic E-state index is 11.4. The molecule has 1 aromatic rings. The second-order valence-electron chi connectivity index (χ2n) is 3.27. The summed E-state index contributed by atoms with van der Waals surface area (Å²) < 4.78 is 0.